The average molecular weight is 416 g/mol. The zero-order valence-electron chi connectivity index (χ0n) is 17.8. The smallest absolute Gasteiger partial charge is 0.191 e. The number of benzene rings is 2. The Morgan fingerprint density at radius 3 is 2.37 bits per heavy atom. The molecular formula is C23H30FN3O3. The van der Waals surface area contributed by atoms with Gasteiger partial charge in [-0.1, -0.05) is 18.2 Å². The molecule has 0 radical (unpaired) electrons. The van der Waals surface area contributed by atoms with E-state index in [2.05, 4.69) is 15.6 Å². The number of rotatable bonds is 7. The molecule has 1 fully saturated rings. The lowest BCUT2D eigenvalue weighted by atomic mass is 9.74. The van der Waals surface area contributed by atoms with Crippen molar-refractivity contribution < 1.29 is 18.6 Å². The molecular weight excluding hydrogens is 385 g/mol. The van der Waals surface area contributed by atoms with Crippen molar-refractivity contribution in [3.05, 3.63) is 59.4 Å². The summed E-state index contributed by atoms with van der Waals surface area (Å²) in [5.74, 6) is 1.88. The number of nitrogens with one attached hydrogen (secondary N) is 2. The molecule has 1 saturated heterocycles. The maximum absolute atomic E-state index is 13.4. The molecule has 0 bridgehead atoms. The molecule has 2 N–H and O–H groups in total. The van der Waals surface area contributed by atoms with E-state index in [1.54, 1.807) is 21.3 Å². The van der Waals surface area contributed by atoms with Crippen molar-refractivity contribution >= 4 is 5.96 Å². The highest BCUT2D eigenvalue weighted by Gasteiger charge is 2.34. The van der Waals surface area contributed by atoms with Gasteiger partial charge in [-0.3, -0.25) is 4.99 Å². The third kappa shape index (κ3) is 5.21. The van der Waals surface area contributed by atoms with Crippen molar-refractivity contribution in [1.29, 1.82) is 0 Å². The van der Waals surface area contributed by atoms with Gasteiger partial charge in [0.1, 0.15) is 5.82 Å². The molecule has 3 rings (SSSR count). The van der Waals surface area contributed by atoms with E-state index >= 15 is 0 Å². The van der Waals surface area contributed by atoms with E-state index in [0.29, 0.717) is 43.8 Å². The van der Waals surface area contributed by atoms with Crippen molar-refractivity contribution in [2.24, 2.45) is 4.99 Å². The second kappa shape index (κ2) is 10.3. The normalized spacial score (nSPS) is 16.1. The van der Waals surface area contributed by atoms with Crippen LogP contribution in [0.25, 0.3) is 0 Å². The molecule has 2 aromatic rings. The third-order valence-corrected chi connectivity index (χ3v) is 5.63. The first-order valence-electron chi connectivity index (χ1n) is 10.1. The van der Waals surface area contributed by atoms with Gasteiger partial charge in [0.15, 0.2) is 17.5 Å². The van der Waals surface area contributed by atoms with Gasteiger partial charge in [0, 0.05) is 38.8 Å². The SMILES string of the molecule is CN=C(NCc1ccc(OC)c(OC)c1)NCC1(c2ccc(F)cc2)CCOCC1. The summed E-state index contributed by atoms with van der Waals surface area (Å²) in [5, 5.41) is 6.79. The first-order chi connectivity index (χ1) is 14.6. The summed E-state index contributed by atoms with van der Waals surface area (Å²) in [6.07, 6.45) is 1.75. The Morgan fingerprint density at radius 2 is 1.73 bits per heavy atom. The van der Waals surface area contributed by atoms with Gasteiger partial charge in [-0.15, -0.1) is 0 Å². The minimum absolute atomic E-state index is 0.118. The predicted octanol–water partition coefficient (Wildman–Crippen LogP) is 3.26. The van der Waals surface area contributed by atoms with Crippen LogP contribution in [0.3, 0.4) is 0 Å². The fourth-order valence-electron chi connectivity index (χ4n) is 3.78. The van der Waals surface area contributed by atoms with E-state index in [0.717, 1.165) is 24.0 Å². The van der Waals surface area contributed by atoms with Gasteiger partial charge in [0.05, 0.1) is 14.2 Å². The van der Waals surface area contributed by atoms with Gasteiger partial charge in [-0.25, -0.2) is 4.39 Å². The molecule has 6 nitrogen and oxygen atoms in total. The molecule has 0 aromatic heterocycles. The zero-order valence-corrected chi connectivity index (χ0v) is 17.8. The lowest BCUT2D eigenvalue weighted by Crippen LogP contribution is -2.47. The summed E-state index contributed by atoms with van der Waals surface area (Å²) in [6.45, 7) is 2.66. The minimum Gasteiger partial charge on any atom is -0.493 e. The van der Waals surface area contributed by atoms with Crippen LogP contribution in [0, 0.1) is 5.82 Å². The lowest BCUT2D eigenvalue weighted by molar-refractivity contribution is 0.0513. The van der Waals surface area contributed by atoms with Gasteiger partial charge in [-0.05, 0) is 48.2 Å². The first kappa shape index (κ1) is 21.9. The van der Waals surface area contributed by atoms with Gasteiger partial charge >= 0.3 is 0 Å². The number of guanidine groups is 1. The summed E-state index contributed by atoms with van der Waals surface area (Å²) in [6, 6.07) is 12.6. The van der Waals surface area contributed by atoms with E-state index in [-0.39, 0.29) is 11.2 Å². The van der Waals surface area contributed by atoms with Crippen LogP contribution in [0.1, 0.15) is 24.0 Å². The monoisotopic (exact) mass is 415 g/mol. The molecule has 7 heteroatoms. The topological polar surface area (TPSA) is 64.1 Å². The molecule has 1 aliphatic rings. The molecule has 2 aromatic carbocycles. The van der Waals surface area contributed by atoms with E-state index < -0.39 is 0 Å². The van der Waals surface area contributed by atoms with Crippen molar-refractivity contribution in [3.63, 3.8) is 0 Å². The van der Waals surface area contributed by atoms with E-state index in [9.17, 15) is 4.39 Å². The number of hydrogen-bond acceptors (Lipinski definition) is 4. The molecule has 1 aliphatic heterocycles. The summed E-state index contributed by atoms with van der Waals surface area (Å²) in [4.78, 5) is 4.35. The van der Waals surface area contributed by atoms with Gasteiger partial charge in [0.25, 0.3) is 0 Å². The average Bonchev–Trinajstić information content (AvgIpc) is 2.80. The standard InChI is InChI=1S/C23H30FN3O3/c1-25-22(26-15-17-4-9-20(28-2)21(14-17)29-3)27-16-23(10-12-30-13-11-23)18-5-7-19(24)8-6-18/h4-9,14H,10-13,15-16H2,1-3H3,(H2,25,26,27). The first-order valence-corrected chi connectivity index (χ1v) is 10.1. The van der Waals surface area contributed by atoms with E-state index in [4.69, 9.17) is 14.2 Å². The van der Waals surface area contributed by atoms with Crippen molar-refractivity contribution in [2.45, 2.75) is 24.8 Å². The Bertz CT molecular complexity index is 849. The number of halogens is 1. The Kier molecular flexibility index (Phi) is 7.52. The maximum Gasteiger partial charge on any atom is 0.191 e. The molecule has 162 valence electrons. The number of methoxy groups -OCH3 is 2. The molecule has 0 saturated carbocycles. The Labute approximate surface area is 177 Å². The van der Waals surface area contributed by atoms with E-state index in [1.807, 2.05) is 30.3 Å². The highest BCUT2D eigenvalue weighted by Crippen LogP contribution is 2.34. The van der Waals surface area contributed by atoms with Crippen LogP contribution in [0.2, 0.25) is 0 Å². The molecule has 0 aliphatic carbocycles. The van der Waals surface area contributed by atoms with Crippen LogP contribution in [-0.4, -0.2) is 47.0 Å². The van der Waals surface area contributed by atoms with Crippen molar-refractivity contribution in [1.82, 2.24) is 10.6 Å². The predicted molar refractivity (Wildman–Crippen MR) is 116 cm³/mol. The summed E-state index contributed by atoms with van der Waals surface area (Å²) < 4.78 is 29.7. The van der Waals surface area contributed by atoms with Crippen molar-refractivity contribution in [2.75, 3.05) is 41.0 Å². The van der Waals surface area contributed by atoms with Crippen LogP contribution < -0.4 is 20.1 Å². The highest BCUT2D eigenvalue weighted by atomic mass is 19.1. The summed E-state index contributed by atoms with van der Waals surface area (Å²) >= 11 is 0. The lowest BCUT2D eigenvalue weighted by Gasteiger charge is -2.38. The Morgan fingerprint density at radius 1 is 1.03 bits per heavy atom. The number of hydrogen-bond donors (Lipinski definition) is 2. The van der Waals surface area contributed by atoms with Gasteiger partial charge < -0.3 is 24.8 Å². The highest BCUT2D eigenvalue weighted by molar-refractivity contribution is 5.79. The van der Waals surface area contributed by atoms with E-state index in [1.165, 1.54) is 12.1 Å². The summed E-state index contributed by atoms with van der Waals surface area (Å²) in [5.41, 5.74) is 2.05. The van der Waals surface area contributed by atoms with Crippen LogP contribution >= 0.6 is 0 Å². The Balaban J connectivity index is 1.65. The fraction of sp³-hybridized carbons (Fsp3) is 0.435. The van der Waals surface area contributed by atoms with Crippen molar-refractivity contribution in [3.8, 4) is 11.5 Å². The molecule has 1 heterocycles. The zero-order chi connectivity index (χ0) is 21.4. The third-order valence-electron chi connectivity index (χ3n) is 5.63. The maximum atomic E-state index is 13.4. The second-order valence-electron chi connectivity index (χ2n) is 7.37. The minimum atomic E-state index is -0.221. The van der Waals surface area contributed by atoms with Crippen LogP contribution in [0.4, 0.5) is 4.39 Å². The second-order valence-corrected chi connectivity index (χ2v) is 7.37. The molecule has 0 spiro atoms. The number of ether oxygens (including phenoxy) is 3. The molecule has 30 heavy (non-hydrogen) atoms. The largest absolute Gasteiger partial charge is 0.493 e. The Hall–Kier alpha value is -2.80. The van der Waals surface area contributed by atoms with Crippen LogP contribution in [-0.2, 0) is 16.7 Å². The fourth-order valence-corrected chi connectivity index (χ4v) is 3.78. The quantitative estimate of drug-likeness (QED) is 0.537. The van der Waals surface area contributed by atoms with Gasteiger partial charge in [0.2, 0.25) is 0 Å². The number of nitrogens with zero attached hydrogens (tertiary/aromatic N) is 1. The van der Waals surface area contributed by atoms with Crippen LogP contribution in [0.15, 0.2) is 47.5 Å². The van der Waals surface area contributed by atoms with Gasteiger partial charge in [-0.2, -0.15) is 0 Å². The molecule has 0 atom stereocenters. The number of aliphatic imine (C=N–C) groups is 1. The molecule has 0 unspecified atom stereocenters. The van der Waals surface area contributed by atoms with Crippen LogP contribution in [0.5, 0.6) is 11.5 Å². The summed E-state index contributed by atoms with van der Waals surface area (Å²) in [7, 11) is 4.99. The molecule has 0 amide bonds.